The molecule has 0 unspecified atom stereocenters. The standard InChI is InChI=1S/C24H26N2O4S/c27-23(20-8-10-26(11-9-20)24(28)22-7-3-13-31-22)25-15-18-4-1-5-19(14-18)16-29-17-21-6-2-12-30-21/h1-7,12-14,20H,8-11,15-17H2,(H,25,27). The Morgan fingerprint density at radius 1 is 1.06 bits per heavy atom. The van der Waals surface area contributed by atoms with Crippen LogP contribution in [0.25, 0.3) is 0 Å². The lowest BCUT2D eigenvalue weighted by Crippen LogP contribution is -2.42. The van der Waals surface area contributed by atoms with Gasteiger partial charge in [0.15, 0.2) is 0 Å². The molecule has 0 spiro atoms. The smallest absolute Gasteiger partial charge is 0.263 e. The van der Waals surface area contributed by atoms with Crippen molar-refractivity contribution in [3.63, 3.8) is 0 Å². The summed E-state index contributed by atoms with van der Waals surface area (Å²) in [7, 11) is 0. The summed E-state index contributed by atoms with van der Waals surface area (Å²) in [6.07, 6.45) is 3.03. The van der Waals surface area contributed by atoms with E-state index in [0.29, 0.717) is 45.7 Å². The maximum absolute atomic E-state index is 12.6. The number of benzene rings is 1. The van der Waals surface area contributed by atoms with E-state index >= 15 is 0 Å². The second-order valence-electron chi connectivity index (χ2n) is 7.65. The molecule has 2 amide bonds. The first kappa shape index (κ1) is 21.3. The lowest BCUT2D eigenvalue weighted by molar-refractivity contribution is -0.126. The fraction of sp³-hybridized carbons (Fsp3) is 0.333. The quantitative estimate of drug-likeness (QED) is 0.571. The van der Waals surface area contributed by atoms with Gasteiger partial charge in [0.1, 0.15) is 12.4 Å². The molecule has 3 heterocycles. The maximum atomic E-state index is 12.6. The van der Waals surface area contributed by atoms with Gasteiger partial charge in [0, 0.05) is 25.6 Å². The summed E-state index contributed by atoms with van der Waals surface area (Å²) in [5, 5.41) is 4.96. The summed E-state index contributed by atoms with van der Waals surface area (Å²) in [5.74, 6) is 0.876. The summed E-state index contributed by atoms with van der Waals surface area (Å²) < 4.78 is 10.9. The molecule has 0 bridgehead atoms. The van der Waals surface area contributed by atoms with Gasteiger partial charge in [-0.2, -0.15) is 0 Å². The van der Waals surface area contributed by atoms with E-state index in [1.807, 2.05) is 58.8 Å². The third-order valence-corrected chi connectivity index (χ3v) is 6.29. The second-order valence-corrected chi connectivity index (χ2v) is 8.60. The molecule has 1 saturated heterocycles. The number of thiophene rings is 1. The molecule has 1 aliphatic heterocycles. The van der Waals surface area contributed by atoms with Gasteiger partial charge >= 0.3 is 0 Å². The lowest BCUT2D eigenvalue weighted by atomic mass is 9.95. The summed E-state index contributed by atoms with van der Waals surface area (Å²) in [5.41, 5.74) is 2.09. The molecule has 3 aromatic rings. The Morgan fingerprint density at radius 2 is 1.90 bits per heavy atom. The van der Waals surface area contributed by atoms with Crippen molar-refractivity contribution in [2.45, 2.75) is 32.6 Å². The Kier molecular flexibility index (Phi) is 7.17. The molecular formula is C24H26N2O4S. The first-order valence-corrected chi connectivity index (χ1v) is 11.4. The minimum atomic E-state index is -0.0489. The number of nitrogens with zero attached hydrogens (tertiary/aromatic N) is 1. The number of likely N-dealkylation sites (tertiary alicyclic amines) is 1. The fourth-order valence-electron chi connectivity index (χ4n) is 3.73. The number of furan rings is 1. The van der Waals surface area contributed by atoms with Gasteiger partial charge in [0.2, 0.25) is 5.91 Å². The van der Waals surface area contributed by atoms with Crippen LogP contribution in [0.1, 0.15) is 39.4 Å². The number of hydrogen-bond acceptors (Lipinski definition) is 5. The highest BCUT2D eigenvalue weighted by atomic mass is 32.1. The topological polar surface area (TPSA) is 71.8 Å². The van der Waals surface area contributed by atoms with E-state index in [4.69, 9.17) is 9.15 Å². The van der Waals surface area contributed by atoms with Crippen LogP contribution in [0.3, 0.4) is 0 Å². The number of nitrogens with one attached hydrogen (secondary N) is 1. The van der Waals surface area contributed by atoms with Crippen molar-refractivity contribution in [3.8, 4) is 0 Å². The van der Waals surface area contributed by atoms with Crippen LogP contribution in [0.4, 0.5) is 0 Å². The van der Waals surface area contributed by atoms with Gasteiger partial charge < -0.3 is 19.4 Å². The minimum absolute atomic E-state index is 0.0489. The Labute approximate surface area is 185 Å². The highest BCUT2D eigenvalue weighted by Crippen LogP contribution is 2.21. The molecule has 0 aliphatic carbocycles. The predicted octanol–water partition coefficient (Wildman–Crippen LogP) is 4.23. The van der Waals surface area contributed by atoms with E-state index in [1.54, 1.807) is 6.26 Å². The first-order chi connectivity index (χ1) is 15.2. The molecule has 1 N–H and O–H groups in total. The van der Waals surface area contributed by atoms with Crippen molar-refractivity contribution in [2.75, 3.05) is 13.1 Å². The van der Waals surface area contributed by atoms with Gasteiger partial charge in [-0.15, -0.1) is 11.3 Å². The van der Waals surface area contributed by atoms with Gasteiger partial charge in [-0.05, 0) is 47.5 Å². The van der Waals surface area contributed by atoms with Gasteiger partial charge in [0.05, 0.1) is 17.7 Å². The van der Waals surface area contributed by atoms with Gasteiger partial charge in [0.25, 0.3) is 5.91 Å². The summed E-state index contributed by atoms with van der Waals surface area (Å²) in [6.45, 7) is 2.65. The number of hydrogen-bond donors (Lipinski definition) is 1. The highest BCUT2D eigenvalue weighted by Gasteiger charge is 2.28. The summed E-state index contributed by atoms with van der Waals surface area (Å²) >= 11 is 1.46. The fourth-order valence-corrected chi connectivity index (χ4v) is 4.42. The third kappa shape index (κ3) is 5.83. The number of amides is 2. The molecule has 4 rings (SSSR count). The van der Waals surface area contributed by atoms with Crippen molar-refractivity contribution in [2.24, 2.45) is 5.92 Å². The van der Waals surface area contributed by atoms with Crippen LogP contribution < -0.4 is 5.32 Å². The maximum Gasteiger partial charge on any atom is 0.263 e. The predicted molar refractivity (Wildman–Crippen MR) is 118 cm³/mol. The van der Waals surface area contributed by atoms with Crippen molar-refractivity contribution in [1.82, 2.24) is 10.2 Å². The molecule has 0 atom stereocenters. The van der Waals surface area contributed by atoms with E-state index in [2.05, 4.69) is 5.32 Å². The molecule has 31 heavy (non-hydrogen) atoms. The number of carbonyl (C=O) groups is 2. The monoisotopic (exact) mass is 438 g/mol. The molecule has 2 aromatic heterocycles. The van der Waals surface area contributed by atoms with E-state index in [0.717, 1.165) is 21.8 Å². The van der Waals surface area contributed by atoms with Gasteiger partial charge in [-0.25, -0.2) is 0 Å². The largest absolute Gasteiger partial charge is 0.467 e. The van der Waals surface area contributed by atoms with Crippen LogP contribution in [-0.4, -0.2) is 29.8 Å². The SMILES string of the molecule is O=C(NCc1cccc(COCc2ccco2)c1)C1CCN(C(=O)c2cccs2)CC1. The molecule has 1 aromatic carbocycles. The molecule has 1 fully saturated rings. The first-order valence-electron chi connectivity index (χ1n) is 10.5. The van der Waals surface area contributed by atoms with Crippen LogP contribution in [0.5, 0.6) is 0 Å². The van der Waals surface area contributed by atoms with Crippen LogP contribution in [-0.2, 0) is 29.3 Å². The van der Waals surface area contributed by atoms with E-state index in [9.17, 15) is 9.59 Å². The van der Waals surface area contributed by atoms with Gasteiger partial charge in [-0.3, -0.25) is 9.59 Å². The molecule has 0 saturated carbocycles. The Bertz CT molecular complexity index is 977. The van der Waals surface area contributed by atoms with Crippen LogP contribution in [0.15, 0.2) is 64.6 Å². The molecule has 6 nitrogen and oxygen atoms in total. The molecular weight excluding hydrogens is 412 g/mol. The molecule has 162 valence electrons. The molecule has 0 radical (unpaired) electrons. The average Bonchev–Trinajstić information content (AvgIpc) is 3.52. The average molecular weight is 439 g/mol. The summed E-state index contributed by atoms with van der Waals surface area (Å²) in [4.78, 5) is 27.7. The van der Waals surface area contributed by atoms with Gasteiger partial charge in [-0.1, -0.05) is 30.3 Å². The normalized spacial score (nSPS) is 14.5. The van der Waals surface area contributed by atoms with Crippen LogP contribution in [0, 0.1) is 5.92 Å². The zero-order chi connectivity index (χ0) is 21.5. The Balaban J connectivity index is 1.20. The van der Waals surface area contributed by atoms with E-state index in [-0.39, 0.29) is 17.7 Å². The zero-order valence-corrected chi connectivity index (χ0v) is 18.1. The number of ether oxygens (including phenoxy) is 1. The number of piperidine rings is 1. The van der Waals surface area contributed by atoms with Crippen LogP contribution in [0.2, 0.25) is 0 Å². The number of carbonyl (C=O) groups excluding carboxylic acids is 2. The molecule has 1 aliphatic rings. The second kappa shape index (κ2) is 10.4. The minimum Gasteiger partial charge on any atom is -0.467 e. The molecule has 7 heteroatoms. The number of rotatable bonds is 8. The third-order valence-electron chi connectivity index (χ3n) is 5.44. The highest BCUT2D eigenvalue weighted by molar-refractivity contribution is 7.12. The van der Waals surface area contributed by atoms with Crippen LogP contribution >= 0.6 is 11.3 Å². The Hall–Kier alpha value is -2.90. The van der Waals surface area contributed by atoms with Crippen molar-refractivity contribution < 1.29 is 18.7 Å². The Morgan fingerprint density at radius 3 is 2.65 bits per heavy atom. The zero-order valence-electron chi connectivity index (χ0n) is 17.3. The lowest BCUT2D eigenvalue weighted by Gasteiger charge is -2.31. The van der Waals surface area contributed by atoms with Crippen molar-refractivity contribution in [3.05, 3.63) is 81.9 Å². The van der Waals surface area contributed by atoms with E-state index < -0.39 is 0 Å². The summed E-state index contributed by atoms with van der Waals surface area (Å²) in [6, 6.07) is 15.5. The van der Waals surface area contributed by atoms with Crippen molar-refractivity contribution in [1.29, 1.82) is 0 Å². The van der Waals surface area contributed by atoms with E-state index in [1.165, 1.54) is 11.3 Å². The van der Waals surface area contributed by atoms with Crippen molar-refractivity contribution >= 4 is 23.2 Å².